The number of thiazole rings is 1. The first-order valence-corrected chi connectivity index (χ1v) is 11.1. The number of anilines is 1. The highest BCUT2D eigenvalue weighted by molar-refractivity contribution is 7.99. The van der Waals surface area contributed by atoms with Crippen molar-refractivity contribution < 1.29 is 25.2 Å². The second-order valence-electron chi connectivity index (χ2n) is 7.90. The van der Waals surface area contributed by atoms with E-state index in [1.54, 1.807) is 20.0 Å². The molecule has 2 radical (unpaired) electrons. The number of carbonyl (C=O) groups excluding carboxylic acids is 1. The minimum atomic E-state index is -1.90. The molecule has 1 aromatic carbocycles. The van der Waals surface area contributed by atoms with Gasteiger partial charge in [-0.1, -0.05) is 6.07 Å². The summed E-state index contributed by atoms with van der Waals surface area (Å²) in [5.41, 5.74) is 10.6. The van der Waals surface area contributed by atoms with Crippen molar-refractivity contribution >= 4 is 43.2 Å². The average molecular weight is 466 g/mol. The van der Waals surface area contributed by atoms with E-state index < -0.39 is 16.9 Å². The summed E-state index contributed by atoms with van der Waals surface area (Å²) in [6.07, 6.45) is 3.83. The molecule has 2 aromatic rings. The van der Waals surface area contributed by atoms with Crippen molar-refractivity contribution in [3.05, 3.63) is 39.5 Å². The molecule has 2 aliphatic carbocycles. The van der Waals surface area contributed by atoms with Crippen LogP contribution in [0.5, 0.6) is 0 Å². The highest BCUT2D eigenvalue weighted by Gasteiger charge is 2.42. The van der Waals surface area contributed by atoms with Crippen molar-refractivity contribution in [2.75, 3.05) is 5.73 Å². The van der Waals surface area contributed by atoms with Crippen molar-refractivity contribution in [2.45, 2.75) is 60.6 Å². The quantitative estimate of drug-likeness (QED) is 0.105. The molecule has 1 atom stereocenters. The van der Waals surface area contributed by atoms with Gasteiger partial charge in [0.05, 0.1) is 15.9 Å². The number of primary amides is 1. The maximum Gasteiger partial charge on any atom is 0.204 e. The topological polar surface area (TPSA) is 189 Å². The van der Waals surface area contributed by atoms with Crippen LogP contribution in [0, 0.1) is 0 Å². The van der Waals surface area contributed by atoms with Gasteiger partial charge in [-0.25, -0.2) is 4.98 Å². The van der Waals surface area contributed by atoms with Gasteiger partial charge in [-0.15, -0.1) is 11.3 Å². The van der Waals surface area contributed by atoms with Crippen molar-refractivity contribution in [1.82, 2.24) is 4.98 Å². The van der Waals surface area contributed by atoms with Gasteiger partial charge in [0.25, 0.3) is 0 Å². The monoisotopic (exact) mass is 466 g/mol. The third-order valence-corrected chi connectivity index (χ3v) is 6.99. The number of amides is 1. The standard InChI is InChI=1S/C12H14BNO3.C6H10N2OS2.CH3NO/c13-11(15)3-1-6-5-7-2-4-12(16,17)9(7)10(14)8(6)11;1-6(2,9)5-8-3-4(10-5)11-7;2-1-3/h5,15-17H,1-4,14H2;3,9H,7H2,1-2H3;1H,(H2,2,3). The first-order valence-electron chi connectivity index (χ1n) is 9.40. The predicted molar refractivity (Wildman–Crippen MR) is 121 cm³/mol. The molecule has 0 spiro atoms. The Morgan fingerprint density at radius 3 is 2.26 bits per heavy atom. The summed E-state index contributed by atoms with van der Waals surface area (Å²) in [5.74, 6) is -1.90. The number of benzene rings is 1. The van der Waals surface area contributed by atoms with Crippen LogP contribution in [0.4, 0.5) is 5.69 Å². The lowest BCUT2D eigenvalue weighted by Crippen LogP contribution is -2.27. The fourth-order valence-electron chi connectivity index (χ4n) is 3.68. The number of nitrogens with two attached hydrogens (primary N) is 3. The SMILES string of the molecule is CC(C)(O)c1ncc(SN)s1.NC=O.[B]C1(O)CCc2cc3c(c(N)c21)C(O)(O)CC3. The van der Waals surface area contributed by atoms with Gasteiger partial charge in [0.1, 0.15) is 18.5 Å². The van der Waals surface area contributed by atoms with Crippen LogP contribution in [0.25, 0.3) is 0 Å². The molecule has 1 aromatic heterocycles. The minimum absolute atomic E-state index is 0.235. The van der Waals surface area contributed by atoms with Crippen LogP contribution in [0.15, 0.2) is 16.5 Å². The van der Waals surface area contributed by atoms with E-state index in [9.17, 15) is 20.4 Å². The Hall–Kier alpha value is -1.67. The Kier molecular flexibility index (Phi) is 7.80. The van der Waals surface area contributed by atoms with Crippen molar-refractivity contribution in [3.63, 3.8) is 0 Å². The molecule has 31 heavy (non-hydrogen) atoms. The van der Waals surface area contributed by atoms with Gasteiger partial charge in [0.15, 0.2) is 5.79 Å². The molecule has 0 aliphatic heterocycles. The smallest absolute Gasteiger partial charge is 0.204 e. The normalized spacial score (nSPS) is 20.6. The summed E-state index contributed by atoms with van der Waals surface area (Å²) in [6, 6.07) is 1.89. The minimum Gasteiger partial charge on any atom is -0.398 e. The Morgan fingerprint density at radius 1 is 1.23 bits per heavy atom. The lowest BCUT2D eigenvalue weighted by atomic mass is 9.75. The molecule has 10 N–H and O–H groups in total. The van der Waals surface area contributed by atoms with Crippen LogP contribution < -0.4 is 16.6 Å². The summed E-state index contributed by atoms with van der Waals surface area (Å²) in [6.45, 7) is 3.41. The zero-order chi connectivity index (χ0) is 23.6. The fraction of sp³-hybridized carbons (Fsp3) is 0.474. The van der Waals surface area contributed by atoms with Crippen molar-refractivity contribution in [2.24, 2.45) is 10.9 Å². The van der Waals surface area contributed by atoms with Crippen LogP contribution >= 0.6 is 23.3 Å². The predicted octanol–water partition coefficient (Wildman–Crippen LogP) is 0.0500. The number of nitrogen functional groups attached to an aromatic ring is 1. The van der Waals surface area contributed by atoms with Crippen molar-refractivity contribution in [1.29, 1.82) is 0 Å². The van der Waals surface area contributed by atoms with Crippen LogP contribution in [-0.2, 0) is 34.5 Å². The molecule has 0 bridgehead atoms. The lowest BCUT2D eigenvalue weighted by molar-refractivity contribution is -0.165. The summed E-state index contributed by atoms with van der Waals surface area (Å²) >= 11 is 2.57. The number of rotatable bonds is 2. The Morgan fingerprint density at radius 2 is 1.77 bits per heavy atom. The lowest BCUT2D eigenvalue weighted by Gasteiger charge is -2.25. The summed E-state index contributed by atoms with van der Waals surface area (Å²) in [5, 5.41) is 45.3. The number of carbonyl (C=O) groups is 1. The molecule has 9 nitrogen and oxygen atoms in total. The molecule has 0 fully saturated rings. The molecular formula is C19H27BN4O5S2. The highest BCUT2D eigenvalue weighted by Crippen LogP contribution is 2.47. The first kappa shape index (κ1) is 25.6. The number of aromatic nitrogens is 1. The van der Waals surface area contributed by atoms with Gasteiger partial charge >= 0.3 is 0 Å². The third kappa shape index (κ3) is 5.58. The summed E-state index contributed by atoms with van der Waals surface area (Å²) < 4.78 is 0.919. The van der Waals surface area contributed by atoms with Crippen LogP contribution in [0.1, 0.15) is 54.0 Å². The highest BCUT2D eigenvalue weighted by atomic mass is 32.2. The van der Waals surface area contributed by atoms with Gasteiger partial charge in [-0.3, -0.25) is 9.93 Å². The second kappa shape index (κ2) is 9.45. The zero-order valence-electron chi connectivity index (χ0n) is 17.3. The van der Waals surface area contributed by atoms with Crippen LogP contribution in [0.3, 0.4) is 0 Å². The van der Waals surface area contributed by atoms with Gasteiger partial charge in [-0.2, -0.15) is 0 Å². The van der Waals surface area contributed by atoms with E-state index in [4.69, 9.17) is 23.5 Å². The zero-order valence-corrected chi connectivity index (χ0v) is 19.0. The number of hydrogen-bond acceptors (Lipinski definition) is 10. The van der Waals surface area contributed by atoms with Crippen LogP contribution in [0.2, 0.25) is 0 Å². The molecule has 0 saturated carbocycles. The Balaban J connectivity index is 0.000000211. The molecule has 4 rings (SSSR count). The molecule has 1 amide bonds. The maximum absolute atomic E-state index is 10.1. The molecular weight excluding hydrogens is 439 g/mol. The molecule has 2 aliphatic rings. The van der Waals surface area contributed by atoms with E-state index in [-0.39, 0.29) is 18.5 Å². The second-order valence-corrected chi connectivity index (χ2v) is 9.86. The van der Waals surface area contributed by atoms with Crippen molar-refractivity contribution in [3.8, 4) is 0 Å². The summed E-state index contributed by atoms with van der Waals surface area (Å²) in [4.78, 5) is 12.6. The largest absolute Gasteiger partial charge is 0.398 e. The Bertz CT molecular complexity index is 902. The Labute approximate surface area is 190 Å². The summed E-state index contributed by atoms with van der Waals surface area (Å²) in [7, 11) is 5.79. The van der Waals surface area contributed by atoms with E-state index in [0.717, 1.165) is 27.3 Å². The molecule has 168 valence electrons. The molecule has 12 heteroatoms. The first-order chi connectivity index (χ1) is 14.3. The van der Waals surface area contributed by atoms with Gasteiger partial charge in [-0.05, 0) is 56.2 Å². The molecule has 1 heterocycles. The van der Waals surface area contributed by atoms with E-state index >= 15 is 0 Å². The van der Waals surface area contributed by atoms with Gasteiger partial charge in [0, 0.05) is 23.2 Å². The van der Waals surface area contributed by atoms with E-state index in [2.05, 4.69) is 10.7 Å². The van der Waals surface area contributed by atoms with Gasteiger partial charge in [0.2, 0.25) is 6.41 Å². The third-order valence-electron chi connectivity index (χ3n) is 5.01. The van der Waals surface area contributed by atoms with E-state index in [1.165, 1.54) is 11.3 Å². The molecule has 0 saturated heterocycles. The fourth-order valence-corrected chi connectivity index (χ4v) is 4.88. The van der Waals surface area contributed by atoms with E-state index in [0.29, 0.717) is 35.4 Å². The maximum atomic E-state index is 10.1. The number of aliphatic hydroxyl groups is 4. The van der Waals surface area contributed by atoms with Gasteiger partial charge < -0.3 is 31.9 Å². The number of fused-ring (bicyclic) bond motifs is 2. The van der Waals surface area contributed by atoms with Crippen LogP contribution in [-0.4, -0.2) is 39.7 Å². The average Bonchev–Trinajstić information content (AvgIpc) is 3.33. The number of hydrogen-bond donors (Lipinski definition) is 7. The molecule has 1 unspecified atom stereocenters. The van der Waals surface area contributed by atoms with E-state index in [1.807, 2.05) is 6.07 Å². The number of nitrogens with zero attached hydrogens (tertiary/aromatic N) is 1. The number of aryl methyl sites for hydroxylation is 2.